The molecule has 0 radical (unpaired) electrons. The summed E-state index contributed by atoms with van der Waals surface area (Å²) in [6.45, 7) is 2.11. The highest BCUT2D eigenvalue weighted by Gasteiger charge is 2.06. The van der Waals surface area contributed by atoms with Crippen molar-refractivity contribution in [3.05, 3.63) is 66.2 Å². The standard InChI is InChI=1S/C18H13NS/c1-12-6-8-15-13(10-12)7-9-16(19-15)18-11-14-4-2-3-5-17(14)20-18/h2-11H,1H3. The lowest BCUT2D eigenvalue weighted by Gasteiger charge is -2.01. The summed E-state index contributed by atoms with van der Waals surface area (Å²) in [5.74, 6) is 0. The number of hydrogen-bond acceptors (Lipinski definition) is 2. The molecule has 0 saturated carbocycles. The van der Waals surface area contributed by atoms with E-state index in [1.165, 1.54) is 25.9 Å². The fraction of sp³-hybridized carbons (Fsp3) is 0.0556. The average molecular weight is 275 g/mol. The van der Waals surface area contributed by atoms with E-state index in [9.17, 15) is 0 Å². The van der Waals surface area contributed by atoms with E-state index in [-0.39, 0.29) is 0 Å². The molecule has 0 N–H and O–H groups in total. The molecule has 2 heteroatoms. The summed E-state index contributed by atoms with van der Waals surface area (Å²) in [6, 6.07) is 21.4. The predicted molar refractivity (Wildman–Crippen MR) is 87.3 cm³/mol. The Morgan fingerprint density at radius 3 is 2.65 bits per heavy atom. The van der Waals surface area contributed by atoms with Crippen molar-refractivity contribution in [1.29, 1.82) is 0 Å². The SMILES string of the molecule is Cc1ccc2nc(-c3cc4ccccc4s3)ccc2c1. The van der Waals surface area contributed by atoms with Crippen molar-refractivity contribution < 1.29 is 0 Å². The van der Waals surface area contributed by atoms with E-state index in [4.69, 9.17) is 4.98 Å². The maximum absolute atomic E-state index is 4.79. The van der Waals surface area contributed by atoms with Gasteiger partial charge in [0.1, 0.15) is 0 Å². The fourth-order valence-electron chi connectivity index (χ4n) is 2.49. The lowest BCUT2D eigenvalue weighted by atomic mass is 10.1. The summed E-state index contributed by atoms with van der Waals surface area (Å²) in [6.07, 6.45) is 0. The van der Waals surface area contributed by atoms with Crippen molar-refractivity contribution in [2.24, 2.45) is 0 Å². The van der Waals surface area contributed by atoms with Gasteiger partial charge < -0.3 is 0 Å². The molecular weight excluding hydrogens is 262 g/mol. The topological polar surface area (TPSA) is 12.9 Å². The van der Waals surface area contributed by atoms with Gasteiger partial charge in [0.15, 0.2) is 0 Å². The minimum absolute atomic E-state index is 1.06. The minimum Gasteiger partial charge on any atom is -0.247 e. The van der Waals surface area contributed by atoms with Crippen molar-refractivity contribution in [3.63, 3.8) is 0 Å². The van der Waals surface area contributed by atoms with Crippen molar-refractivity contribution in [3.8, 4) is 10.6 Å². The predicted octanol–water partition coefficient (Wildman–Crippen LogP) is 5.42. The number of aromatic nitrogens is 1. The first kappa shape index (κ1) is 11.6. The zero-order valence-electron chi connectivity index (χ0n) is 11.1. The molecule has 2 aromatic heterocycles. The van der Waals surface area contributed by atoms with Crippen LogP contribution in [0.4, 0.5) is 0 Å². The molecule has 0 atom stereocenters. The number of rotatable bonds is 1. The van der Waals surface area contributed by atoms with Gasteiger partial charge in [0, 0.05) is 10.1 Å². The number of aryl methyl sites for hydroxylation is 1. The van der Waals surface area contributed by atoms with Crippen LogP contribution in [0.15, 0.2) is 60.7 Å². The van der Waals surface area contributed by atoms with Gasteiger partial charge in [-0.05, 0) is 42.6 Å². The van der Waals surface area contributed by atoms with Crippen LogP contribution in [0.3, 0.4) is 0 Å². The van der Waals surface area contributed by atoms with E-state index >= 15 is 0 Å². The quantitative estimate of drug-likeness (QED) is 0.451. The highest BCUT2D eigenvalue weighted by Crippen LogP contribution is 2.33. The van der Waals surface area contributed by atoms with Crippen LogP contribution in [0, 0.1) is 6.92 Å². The van der Waals surface area contributed by atoms with Gasteiger partial charge in [0.25, 0.3) is 0 Å². The smallest absolute Gasteiger partial charge is 0.0809 e. The lowest BCUT2D eigenvalue weighted by Crippen LogP contribution is -1.83. The Labute approximate surface area is 121 Å². The first-order valence-corrected chi connectivity index (χ1v) is 7.48. The molecule has 20 heavy (non-hydrogen) atoms. The van der Waals surface area contributed by atoms with Crippen LogP contribution in [0.25, 0.3) is 31.6 Å². The van der Waals surface area contributed by atoms with Gasteiger partial charge in [-0.3, -0.25) is 0 Å². The zero-order valence-corrected chi connectivity index (χ0v) is 11.9. The molecule has 0 amide bonds. The molecule has 96 valence electrons. The molecule has 0 fully saturated rings. The largest absolute Gasteiger partial charge is 0.247 e. The molecule has 0 aliphatic carbocycles. The van der Waals surface area contributed by atoms with E-state index in [0.29, 0.717) is 0 Å². The molecule has 2 aromatic carbocycles. The molecule has 0 spiro atoms. The average Bonchev–Trinajstić information content (AvgIpc) is 2.90. The number of thiophene rings is 1. The first-order chi connectivity index (χ1) is 9.79. The Balaban J connectivity index is 1.90. The zero-order chi connectivity index (χ0) is 13.5. The maximum Gasteiger partial charge on any atom is 0.0809 e. The van der Waals surface area contributed by atoms with Gasteiger partial charge in [-0.1, -0.05) is 35.9 Å². The van der Waals surface area contributed by atoms with E-state index in [2.05, 4.69) is 67.6 Å². The highest BCUT2D eigenvalue weighted by molar-refractivity contribution is 7.22. The Morgan fingerprint density at radius 2 is 1.75 bits per heavy atom. The second kappa shape index (κ2) is 4.43. The monoisotopic (exact) mass is 275 g/mol. The number of pyridine rings is 1. The summed E-state index contributed by atoms with van der Waals surface area (Å²) < 4.78 is 1.31. The van der Waals surface area contributed by atoms with Gasteiger partial charge in [-0.2, -0.15) is 0 Å². The molecule has 0 bridgehead atoms. The molecule has 0 aliphatic rings. The molecule has 2 heterocycles. The van der Waals surface area contributed by atoms with Crippen LogP contribution in [0.2, 0.25) is 0 Å². The third kappa shape index (κ3) is 1.89. The Bertz CT molecular complexity index is 888. The molecule has 0 aliphatic heterocycles. The van der Waals surface area contributed by atoms with Gasteiger partial charge in [0.05, 0.1) is 16.1 Å². The third-order valence-electron chi connectivity index (χ3n) is 3.52. The molecule has 0 unspecified atom stereocenters. The number of fused-ring (bicyclic) bond motifs is 2. The van der Waals surface area contributed by atoms with E-state index in [0.717, 1.165) is 11.2 Å². The molecule has 4 rings (SSSR count). The number of hydrogen-bond donors (Lipinski definition) is 0. The van der Waals surface area contributed by atoms with E-state index in [1.807, 2.05) is 0 Å². The van der Waals surface area contributed by atoms with Gasteiger partial charge in [-0.15, -0.1) is 11.3 Å². The fourth-order valence-corrected chi connectivity index (χ4v) is 3.52. The Hall–Kier alpha value is -2.19. The highest BCUT2D eigenvalue weighted by atomic mass is 32.1. The third-order valence-corrected chi connectivity index (χ3v) is 4.66. The number of benzene rings is 2. The molecule has 0 saturated heterocycles. The molecule has 4 aromatic rings. The maximum atomic E-state index is 4.79. The van der Waals surface area contributed by atoms with Crippen LogP contribution in [0.1, 0.15) is 5.56 Å². The van der Waals surface area contributed by atoms with E-state index in [1.54, 1.807) is 11.3 Å². The summed E-state index contributed by atoms with van der Waals surface area (Å²) in [5.41, 5.74) is 3.39. The van der Waals surface area contributed by atoms with E-state index < -0.39 is 0 Å². The van der Waals surface area contributed by atoms with Gasteiger partial charge in [-0.25, -0.2) is 4.98 Å². The Morgan fingerprint density at radius 1 is 0.850 bits per heavy atom. The van der Waals surface area contributed by atoms with Crippen LogP contribution in [-0.2, 0) is 0 Å². The molecule has 1 nitrogen and oxygen atoms in total. The lowest BCUT2D eigenvalue weighted by molar-refractivity contribution is 1.40. The van der Waals surface area contributed by atoms with Crippen LogP contribution in [-0.4, -0.2) is 4.98 Å². The van der Waals surface area contributed by atoms with Crippen molar-refractivity contribution in [1.82, 2.24) is 4.98 Å². The van der Waals surface area contributed by atoms with Crippen molar-refractivity contribution in [2.45, 2.75) is 6.92 Å². The summed E-state index contributed by atoms with van der Waals surface area (Å²) >= 11 is 1.80. The molecular formula is C18H13NS. The van der Waals surface area contributed by atoms with Crippen LogP contribution >= 0.6 is 11.3 Å². The first-order valence-electron chi connectivity index (χ1n) is 6.66. The summed E-state index contributed by atoms with van der Waals surface area (Å²) in [4.78, 5) is 6.02. The number of nitrogens with zero attached hydrogens (tertiary/aromatic N) is 1. The summed E-state index contributed by atoms with van der Waals surface area (Å²) in [5, 5.41) is 2.49. The minimum atomic E-state index is 1.06. The van der Waals surface area contributed by atoms with Gasteiger partial charge >= 0.3 is 0 Å². The van der Waals surface area contributed by atoms with Crippen molar-refractivity contribution in [2.75, 3.05) is 0 Å². The summed E-state index contributed by atoms with van der Waals surface area (Å²) in [7, 11) is 0. The second-order valence-corrected chi connectivity index (χ2v) is 6.12. The normalized spacial score (nSPS) is 11.2. The second-order valence-electron chi connectivity index (χ2n) is 5.04. The Kier molecular flexibility index (Phi) is 2.57. The van der Waals surface area contributed by atoms with Crippen LogP contribution < -0.4 is 0 Å². The van der Waals surface area contributed by atoms with Crippen LogP contribution in [0.5, 0.6) is 0 Å². The van der Waals surface area contributed by atoms with Crippen molar-refractivity contribution >= 4 is 32.3 Å². The van der Waals surface area contributed by atoms with Gasteiger partial charge in [0.2, 0.25) is 0 Å².